The summed E-state index contributed by atoms with van der Waals surface area (Å²) in [4.78, 5) is 11.0. The average Bonchev–Trinajstić information content (AvgIpc) is 2.29. The third kappa shape index (κ3) is 1.38. The standard InChI is InChI=1S/C8H14O3/c1-3-8(5-9)4-6(2)7(10)11-8/h6,9H,3-5H2,1-2H3/t6-,8-/m1/s1. The fourth-order valence-electron chi connectivity index (χ4n) is 1.42. The molecule has 0 aliphatic carbocycles. The van der Waals surface area contributed by atoms with Gasteiger partial charge in [-0.05, 0) is 6.42 Å². The number of esters is 1. The van der Waals surface area contributed by atoms with Gasteiger partial charge in [-0.15, -0.1) is 0 Å². The molecule has 0 saturated carbocycles. The van der Waals surface area contributed by atoms with Gasteiger partial charge in [-0.2, -0.15) is 0 Å². The summed E-state index contributed by atoms with van der Waals surface area (Å²) in [5.74, 6) is -0.233. The number of cyclic esters (lactones) is 1. The van der Waals surface area contributed by atoms with Gasteiger partial charge in [-0.3, -0.25) is 4.79 Å². The first-order valence-corrected chi connectivity index (χ1v) is 3.97. The Kier molecular flexibility index (Phi) is 2.18. The average molecular weight is 158 g/mol. The molecule has 1 aliphatic heterocycles. The molecule has 1 N–H and O–H groups in total. The zero-order chi connectivity index (χ0) is 8.48. The highest BCUT2D eigenvalue weighted by molar-refractivity contribution is 5.74. The van der Waals surface area contributed by atoms with Crippen LogP contribution in [-0.4, -0.2) is 23.3 Å². The van der Waals surface area contributed by atoms with E-state index in [4.69, 9.17) is 9.84 Å². The molecule has 1 heterocycles. The Morgan fingerprint density at radius 2 is 2.45 bits per heavy atom. The minimum absolute atomic E-state index is 0.0536. The van der Waals surface area contributed by atoms with Crippen molar-refractivity contribution in [3.8, 4) is 0 Å². The second-order valence-corrected chi connectivity index (χ2v) is 3.22. The van der Waals surface area contributed by atoms with E-state index in [2.05, 4.69) is 0 Å². The molecule has 0 amide bonds. The molecule has 2 atom stereocenters. The van der Waals surface area contributed by atoms with Crippen molar-refractivity contribution >= 4 is 5.97 Å². The minimum atomic E-state index is -0.573. The second-order valence-electron chi connectivity index (χ2n) is 3.22. The summed E-state index contributed by atoms with van der Waals surface area (Å²) in [5.41, 5.74) is -0.573. The third-order valence-electron chi connectivity index (χ3n) is 2.33. The van der Waals surface area contributed by atoms with Crippen molar-refractivity contribution in [2.45, 2.75) is 32.3 Å². The van der Waals surface area contributed by atoms with E-state index in [1.807, 2.05) is 13.8 Å². The van der Waals surface area contributed by atoms with Crippen molar-refractivity contribution < 1.29 is 14.6 Å². The molecule has 1 saturated heterocycles. The molecule has 3 nitrogen and oxygen atoms in total. The van der Waals surface area contributed by atoms with Crippen molar-refractivity contribution in [2.24, 2.45) is 5.92 Å². The van der Waals surface area contributed by atoms with Gasteiger partial charge in [0.05, 0.1) is 12.5 Å². The number of hydrogen-bond donors (Lipinski definition) is 1. The molecule has 0 unspecified atom stereocenters. The van der Waals surface area contributed by atoms with Crippen LogP contribution in [0, 0.1) is 5.92 Å². The van der Waals surface area contributed by atoms with Crippen molar-refractivity contribution in [1.82, 2.24) is 0 Å². The second kappa shape index (κ2) is 2.81. The monoisotopic (exact) mass is 158 g/mol. The quantitative estimate of drug-likeness (QED) is 0.602. The Hall–Kier alpha value is -0.570. The van der Waals surface area contributed by atoms with Crippen LogP contribution in [0.1, 0.15) is 26.7 Å². The first-order chi connectivity index (χ1) is 5.13. The normalized spacial score (nSPS) is 37.4. The summed E-state index contributed by atoms with van der Waals surface area (Å²) in [6.07, 6.45) is 1.35. The van der Waals surface area contributed by atoms with Gasteiger partial charge in [0.15, 0.2) is 0 Å². The van der Waals surface area contributed by atoms with Crippen LogP contribution in [0.4, 0.5) is 0 Å². The van der Waals surface area contributed by atoms with E-state index in [1.54, 1.807) is 0 Å². The molecular formula is C8H14O3. The van der Waals surface area contributed by atoms with Crippen LogP contribution in [-0.2, 0) is 9.53 Å². The van der Waals surface area contributed by atoms with Gasteiger partial charge < -0.3 is 9.84 Å². The van der Waals surface area contributed by atoms with Crippen molar-refractivity contribution in [1.29, 1.82) is 0 Å². The van der Waals surface area contributed by atoms with Gasteiger partial charge in [0.25, 0.3) is 0 Å². The highest BCUT2D eigenvalue weighted by Crippen LogP contribution is 2.32. The van der Waals surface area contributed by atoms with E-state index in [9.17, 15) is 4.79 Å². The predicted molar refractivity (Wildman–Crippen MR) is 40.0 cm³/mol. The van der Waals surface area contributed by atoms with E-state index < -0.39 is 5.60 Å². The summed E-state index contributed by atoms with van der Waals surface area (Å²) in [6, 6.07) is 0. The molecule has 0 spiro atoms. The number of rotatable bonds is 2. The minimum Gasteiger partial charge on any atom is -0.456 e. The topological polar surface area (TPSA) is 46.5 Å². The van der Waals surface area contributed by atoms with Crippen molar-refractivity contribution in [2.75, 3.05) is 6.61 Å². The molecule has 1 aliphatic rings. The molecule has 64 valence electrons. The number of hydrogen-bond acceptors (Lipinski definition) is 3. The van der Waals surface area contributed by atoms with Crippen LogP contribution in [0.5, 0.6) is 0 Å². The largest absolute Gasteiger partial charge is 0.456 e. The van der Waals surface area contributed by atoms with E-state index in [1.165, 1.54) is 0 Å². The van der Waals surface area contributed by atoms with Crippen molar-refractivity contribution in [3.63, 3.8) is 0 Å². The first-order valence-electron chi connectivity index (χ1n) is 3.97. The fraction of sp³-hybridized carbons (Fsp3) is 0.875. The maximum absolute atomic E-state index is 11.0. The Labute approximate surface area is 66.4 Å². The summed E-state index contributed by atoms with van der Waals surface area (Å²) in [5, 5.41) is 8.97. The third-order valence-corrected chi connectivity index (χ3v) is 2.33. The maximum atomic E-state index is 11.0. The summed E-state index contributed by atoms with van der Waals surface area (Å²) >= 11 is 0. The smallest absolute Gasteiger partial charge is 0.309 e. The molecule has 3 heteroatoms. The molecule has 11 heavy (non-hydrogen) atoms. The number of carbonyl (C=O) groups excluding carboxylic acids is 1. The molecule has 0 bridgehead atoms. The Morgan fingerprint density at radius 1 is 1.82 bits per heavy atom. The van der Waals surface area contributed by atoms with Crippen LogP contribution in [0.2, 0.25) is 0 Å². The van der Waals surface area contributed by atoms with Crippen LogP contribution in [0.3, 0.4) is 0 Å². The zero-order valence-corrected chi connectivity index (χ0v) is 6.96. The van der Waals surface area contributed by atoms with Crippen LogP contribution in [0.25, 0.3) is 0 Å². The van der Waals surface area contributed by atoms with Gasteiger partial charge in [0.2, 0.25) is 0 Å². The summed E-state index contributed by atoms with van der Waals surface area (Å²) in [7, 11) is 0. The Bertz CT molecular complexity index is 161. The number of ether oxygens (including phenoxy) is 1. The van der Waals surface area contributed by atoms with E-state index in [0.29, 0.717) is 12.8 Å². The van der Waals surface area contributed by atoms with Gasteiger partial charge in [0.1, 0.15) is 5.60 Å². The summed E-state index contributed by atoms with van der Waals surface area (Å²) < 4.78 is 5.07. The Morgan fingerprint density at radius 3 is 2.64 bits per heavy atom. The van der Waals surface area contributed by atoms with Crippen LogP contribution in [0.15, 0.2) is 0 Å². The molecule has 0 aromatic heterocycles. The fourth-order valence-corrected chi connectivity index (χ4v) is 1.42. The van der Waals surface area contributed by atoms with Gasteiger partial charge in [0, 0.05) is 6.42 Å². The lowest BCUT2D eigenvalue weighted by molar-refractivity contribution is -0.153. The lowest BCUT2D eigenvalue weighted by Gasteiger charge is -2.22. The first kappa shape index (κ1) is 8.53. The molecule has 0 aromatic rings. The molecule has 1 fully saturated rings. The molecule has 0 aromatic carbocycles. The number of aliphatic hydroxyl groups excluding tert-OH is 1. The lowest BCUT2D eigenvalue weighted by atomic mass is 9.93. The highest BCUT2D eigenvalue weighted by Gasteiger charge is 2.42. The van der Waals surface area contributed by atoms with Crippen LogP contribution >= 0.6 is 0 Å². The van der Waals surface area contributed by atoms with Crippen LogP contribution < -0.4 is 0 Å². The molecule has 1 rings (SSSR count). The van der Waals surface area contributed by atoms with E-state index >= 15 is 0 Å². The number of aliphatic hydroxyl groups is 1. The van der Waals surface area contributed by atoms with E-state index in [0.717, 1.165) is 0 Å². The molecule has 0 radical (unpaired) electrons. The van der Waals surface area contributed by atoms with Gasteiger partial charge in [-0.1, -0.05) is 13.8 Å². The number of carbonyl (C=O) groups is 1. The Balaban J connectivity index is 2.68. The SMILES string of the molecule is CC[C@]1(CO)C[C@@H](C)C(=O)O1. The highest BCUT2D eigenvalue weighted by atomic mass is 16.6. The zero-order valence-electron chi connectivity index (χ0n) is 6.96. The molecular weight excluding hydrogens is 144 g/mol. The predicted octanol–water partition coefficient (Wildman–Crippen LogP) is 0.710. The van der Waals surface area contributed by atoms with Gasteiger partial charge in [-0.25, -0.2) is 0 Å². The maximum Gasteiger partial charge on any atom is 0.309 e. The lowest BCUT2D eigenvalue weighted by Crippen LogP contribution is -2.31. The summed E-state index contributed by atoms with van der Waals surface area (Å²) in [6.45, 7) is 3.69. The van der Waals surface area contributed by atoms with E-state index in [-0.39, 0.29) is 18.5 Å². The van der Waals surface area contributed by atoms with Gasteiger partial charge >= 0.3 is 5.97 Å². The van der Waals surface area contributed by atoms with Crippen molar-refractivity contribution in [3.05, 3.63) is 0 Å².